The number of hydrogen-bond donors (Lipinski definition) is 0. The molecule has 2 aromatic rings. The van der Waals surface area contributed by atoms with Crippen LogP contribution in [-0.2, 0) is 14.8 Å². The molecule has 0 unspecified atom stereocenters. The van der Waals surface area contributed by atoms with Gasteiger partial charge in [0.1, 0.15) is 10.6 Å². The molecule has 27 heavy (non-hydrogen) atoms. The summed E-state index contributed by atoms with van der Waals surface area (Å²) in [5.41, 5.74) is 2.16. The lowest BCUT2D eigenvalue weighted by Gasteiger charge is -2.25. The largest absolute Gasteiger partial charge is 0.495 e. The van der Waals surface area contributed by atoms with Gasteiger partial charge in [-0.1, -0.05) is 12.1 Å². The Labute approximate surface area is 160 Å². The van der Waals surface area contributed by atoms with E-state index in [2.05, 4.69) is 0 Å². The van der Waals surface area contributed by atoms with Crippen LogP contribution < -0.4 is 13.9 Å². The number of ether oxygens (including phenoxy) is 1. The summed E-state index contributed by atoms with van der Waals surface area (Å²) in [6, 6.07) is 12.2. The molecule has 2 aromatic carbocycles. The van der Waals surface area contributed by atoms with E-state index < -0.39 is 10.0 Å². The van der Waals surface area contributed by atoms with Crippen LogP contribution in [0.4, 0.5) is 11.4 Å². The number of hydrogen-bond acceptors (Lipinski definition) is 4. The van der Waals surface area contributed by atoms with E-state index in [9.17, 15) is 13.2 Å². The Hall–Kier alpha value is -2.54. The number of amides is 1. The smallest absolute Gasteiger partial charge is 0.268 e. The summed E-state index contributed by atoms with van der Waals surface area (Å²) in [4.78, 5) is 13.8. The number of nitrogens with zero attached hydrogens (tertiary/aromatic N) is 2. The van der Waals surface area contributed by atoms with Gasteiger partial charge in [-0.2, -0.15) is 0 Å². The summed E-state index contributed by atoms with van der Waals surface area (Å²) >= 11 is 0. The number of methoxy groups -OCH3 is 1. The summed E-state index contributed by atoms with van der Waals surface area (Å²) < 4.78 is 33.6. The molecule has 1 aliphatic heterocycles. The van der Waals surface area contributed by atoms with Crippen LogP contribution in [0.2, 0.25) is 0 Å². The lowest BCUT2D eigenvalue weighted by atomic mass is 10.2. The average Bonchev–Trinajstić information content (AvgIpc) is 3.07. The SMILES string of the molecule is CCN(c1cccc(C)c1)S(=O)(=O)c1cc(N2CCCC2=O)ccc1OC. The van der Waals surface area contributed by atoms with Gasteiger partial charge < -0.3 is 9.64 Å². The number of sulfonamides is 1. The first kappa shape index (κ1) is 19.2. The van der Waals surface area contributed by atoms with Crippen molar-refractivity contribution < 1.29 is 17.9 Å². The first-order valence-electron chi connectivity index (χ1n) is 8.96. The summed E-state index contributed by atoms with van der Waals surface area (Å²) in [6.07, 6.45) is 1.26. The highest BCUT2D eigenvalue weighted by molar-refractivity contribution is 7.93. The van der Waals surface area contributed by atoms with Gasteiger partial charge in [-0.25, -0.2) is 8.42 Å². The summed E-state index contributed by atoms with van der Waals surface area (Å²) in [6.45, 7) is 4.59. The zero-order chi connectivity index (χ0) is 19.6. The molecule has 1 amide bonds. The van der Waals surface area contributed by atoms with Crippen LogP contribution in [0.1, 0.15) is 25.3 Å². The molecule has 0 bridgehead atoms. The van der Waals surface area contributed by atoms with Crippen LogP contribution in [0.25, 0.3) is 0 Å². The fourth-order valence-electron chi connectivity index (χ4n) is 3.35. The molecule has 0 aromatic heterocycles. The molecule has 1 saturated heterocycles. The predicted molar refractivity (Wildman–Crippen MR) is 106 cm³/mol. The third-order valence-corrected chi connectivity index (χ3v) is 6.60. The van der Waals surface area contributed by atoms with Gasteiger partial charge in [0.25, 0.3) is 10.0 Å². The highest BCUT2D eigenvalue weighted by Crippen LogP contribution is 2.34. The van der Waals surface area contributed by atoms with Crippen molar-refractivity contribution in [3.8, 4) is 5.75 Å². The van der Waals surface area contributed by atoms with E-state index in [1.807, 2.05) is 25.1 Å². The highest BCUT2D eigenvalue weighted by Gasteiger charge is 2.30. The topological polar surface area (TPSA) is 66.9 Å². The first-order valence-corrected chi connectivity index (χ1v) is 10.4. The Bertz CT molecular complexity index is 956. The second-order valence-corrected chi connectivity index (χ2v) is 8.32. The lowest BCUT2D eigenvalue weighted by molar-refractivity contribution is -0.117. The van der Waals surface area contributed by atoms with Crippen molar-refractivity contribution in [3.63, 3.8) is 0 Å². The molecule has 144 valence electrons. The number of benzene rings is 2. The van der Waals surface area contributed by atoms with Crippen molar-refractivity contribution in [3.05, 3.63) is 48.0 Å². The van der Waals surface area contributed by atoms with Crippen LogP contribution >= 0.6 is 0 Å². The van der Waals surface area contributed by atoms with Gasteiger partial charge in [0.05, 0.1) is 12.8 Å². The Morgan fingerprint density at radius 1 is 1.19 bits per heavy atom. The van der Waals surface area contributed by atoms with E-state index in [1.165, 1.54) is 17.5 Å². The van der Waals surface area contributed by atoms with Crippen LogP contribution in [0.3, 0.4) is 0 Å². The minimum Gasteiger partial charge on any atom is -0.495 e. The number of anilines is 2. The van der Waals surface area contributed by atoms with Crippen molar-refractivity contribution in [2.75, 3.05) is 29.4 Å². The molecule has 1 aliphatic rings. The molecule has 0 spiro atoms. The monoisotopic (exact) mass is 388 g/mol. The Kier molecular flexibility index (Phi) is 5.41. The van der Waals surface area contributed by atoms with Crippen LogP contribution in [0.15, 0.2) is 47.4 Å². The molecular formula is C20H24N2O4S. The van der Waals surface area contributed by atoms with Crippen LogP contribution in [0, 0.1) is 6.92 Å². The number of aryl methyl sites for hydroxylation is 1. The molecular weight excluding hydrogens is 364 g/mol. The van der Waals surface area contributed by atoms with Crippen molar-refractivity contribution in [2.24, 2.45) is 0 Å². The normalized spacial score (nSPS) is 14.5. The molecule has 7 heteroatoms. The fourth-order valence-corrected chi connectivity index (χ4v) is 4.99. The second-order valence-electron chi connectivity index (χ2n) is 6.49. The van der Waals surface area contributed by atoms with E-state index in [4.69, 9.17) is 4.74 Å². The van der Waals surface area contributed by atoms with Gasteiger partial charge in [0.15, 0.2) is 0 Å². The maximum atomic E-state index is 13.4. The van der Waals surface area contributed by atoms with Gasteiger partial charge in [0, 0.05) is 25.2 Å². The zero-order valence-electron chi connectivity index (χ0n) is 15.8. The molecule has 0 radical (unpaired) electrons. The predicted octanol–water partition coefficient (Wildman–Crippen LogP) is 3.35. The third kappa shape index (κ3) is 3.64. The molecule has 0 N–H and O–H groups in total. The Morgan fingerprint density at radius 3 is 2.56 bits per heavy atom. The van der Waals surface area contributed by atoms with E-state index >= 15 is 0 Å². The lowest BCUT2D eigenvalue weighted by Crippen LogP contribution is -2.31. The van der Waals surface area contributed by atoms with Gasteiger partial charge in [-0.05, 0) is 56.2 Å². The zero-order valence-corrected chi connectivity index (χ0v) is 16.6. The van der Waals surface area contributed by atoms with Crippen molar-refractivity contribution in [1.82, 2.24) is 0 Å². The quantitative estimate of drug-likeness (QED) is 0.761. The first-order chi connectivity index (χ1) is 12.9. The molecule has 1 heterocycles. The molecule has 6 nitrogen and oxygen atoms in total. The minimum atomic E-state index is -3.86. The fraction of sp³-hybridized carbons (Fsp3) is 0.350. The summed E-state index contributed by atoms with van der Waals surface area (Å²) in [5, 5.41) is 0. The Morgan fingerprint density at radius 2 is 1.96 bits per heavy atom. The minimum absolute atomic E-state index is 0.00884. The molecule has 0 saturated carbocycles. The van der Waals surface area contributed by atoms with Crippen LogP contribution in [0.5, 0.6) is 5.75 Å². The van der Waals surface area contributed by atoms with Crippen molar-refractivity contribution in [1.29, 1.82) is 0 Å². The van der Waals surface area contributed by atoms with Gasteiger partial charge >= 0.3 is 0 Å². The molecule has 0 aliphatic carbocycles. The highest BCUT2D eigenvalue weighted by atomic mass is 32.2. The van der Waals surface area contributed by atoms with Crippen molar-refractivity contribution >= 4 is 27.3 Å². The van der Waals surface area contributed by atoms with Crippen molar-refractivity contribution in [2.45, 2.75) is 31.6 Å². The average molecular weight is 388 g/mol. The van der Waals surface area contributed by atoms with E-state index in [0.717, 1.165) is 12.0 Å². The van der Waals surface area contributed by atoms with E-state index in [0.29, 0.717) is 24.3 Å². The maximum Gasteiger partial charge on any atom is 0.268 e. The number of carbonyl (C=O) groups is 1. The van der Waals surface area contributed by atoms with Crippen LogP contribution in [-0.4, -0.2) is 34.5 Å². The summed E-state index contributed by atoms with van der Waals surface area (Å²) in [7, 11) is -2.42. The number of carbonyl (C=O) groups excluding carboxylic acids is 1. The third-order valence-electron chi connectivity index (χ3n) is 4.68. The maximum absolute atomic E-state index is 13.4. The van der Waals surface area contributed by atoms with Gasteiger partial charge in [0.2, 0.25) is 5.91 Å². The second kappa shape index (κ2) is 7.60. The Balaban J connectivity index is 2.10. The van der Waals surface area contributed by atoms with Gasteiger partial charge in [-0.15, -0.1) is 0 Å². The summed E-state index contributed by atoms with van der Waals surface area (Å²) in [5.74, 6) is 0.269. The standard InChI is InChI=1S/C20H24N2O4S/c1-4-22(17-8-5-7-15(2)13-17)27(24,25)19-14-16(10-11-18(19)26-3)21-12-6-9-20(21)23/h5,7-8,10-11,13-14H,4,6,9,12H2,1-3H3. The molecule has 1 fully saturated rings. The van der Waals surface area contributed by atoms with E-state index in [-0.39, 0.29) is 23.1 Å². The molecule has 0 atom stereocenters. The van der Waals surface area contributed by atoms with E-state index in [1.54, 1.807) is 30.0 Å². The van der Waals surface area contributed by atoms with Gasteiger partial charge in [-0.3, -0.25) is 9.10 Å². The molecule has 3 rings (SSSR count). The number of rotatable bonds is 6.